The van der Waals surface area contributed by atoms with E-state index in [0.29, 0.717) is 11.8 Å². The molecular formula is C16H25NOS. The van der Waals surface area contributed by atoms with Crippen LogP contribution in [0.2, 0.25) is 0 Å². The third-order valence-electron chi connectivity index (χ3n) is 4.36. The molecule has 0 radical (unpaired) electrons. The molecule has 0 unspecified atom stereocenters. The lowest BCUT2D eigenvalue weighted by Crippen LogP contribution is -2.35. The molecule has 1 saturated carbocycles. The molecule has 1 aliphatic rings. The summed E-state index contributed by atoms with van der Waals surface area (Å²) in [7, 11) is -0.772. The molecule has 19 heavy (non-hydrogen) atoms. The fourth-order valence-electron chi connectivity index (χ4n) is 2.99. The number of hydrogen-bond acceptors (Lipinski definition) is 2. The molecule has 1 aromatic rings. The molecule has 0 bridgehead atoms. The van der Waals surface area contributed by atoms with Crippen LogP contribution in [0.15, 0.2) is 24.3 Å². The fourth-order valence-corrected chi connectivity index (χ4v) is 3.63. The van der Waals surface area contributed by atoms with Crippen molar-refractivity contribution in [3.8, 4) is 0 Å². The van der Waals surface area contributed by atoms with Gasteiger partial charge in [0, 0.05) is 34.5 Å². The molecule has 0 spiro atoms. The van der Waals surface area contributed by atoms with Gasteiger partial charge in [-0.25, -0.2) is 0 Å². The topological polar surface area (TPSA) is 29.1 Å². The second kappa shape index (κ2) is 6.56. The summed E-state index contributed by atoms with van der Waals surface area (Å²) in [4.78, 5) is 0. The first-order valence-electron chi connectivity index (χ1n) is 7.22. The van der Waals surface area contributed by atoms with Crippen LogP contribution in [0, 0.1) is 11.8 Å². The Morgan fingerprint density at radius 1 is 1.32 bits per heavy atom. The minimum Gasteiger partial charge on any atom is -0.382 e. The maximum absolute atomic E-state index is 11.3. The van der Waals surface area contributed by atoms with Crippen molar-refractivity contribution >= 4 is 16.5 Å². The highest BCUT2D eigenvalue weighted by molar-refractivity contribution is 7.83. The molecular weight excluding hydrogens is 254 g/mol. The lowest BCUT2D eigenvalue weighted by Gasteiger charge is -2.35. The minimum absolute atomic E-state index is 0.575. The zero-order valence-corrected chi connectivity index (χ0v) is 13.0. The van der Waals surface area contributed by atoms with Crippen LogP contribution >= 0.6 is 0 Å². The van der Waals surface area contributed by atoms with Crippen LogP contribution in [0.5, 0.6) is 0 Å². The molecule has 1 fully saturated rings. The zero-order valence-electron chi connectivity index (χ0n) is 12.2. The van der Waals surface area contributed by atoms with Gasteiger partial charge in [0.2, 0.25) is 0 Å². The Bertz CT molecular complexity index is 446. The SMILES string of the molecule is C[C@H]1[C@H](C)CCC[C@@H]1Nc1cccc(C[S@@](C)=O)c1. The Morgan fingerprint density at radius 2 is 2.11 bits per heavy atom. The summed E-state index contributed by atoms with van der Waals surface area (Å²) < 4.78 is 11.3. The second-order valence-electron chi connectivity index (χ2n) is 5.94. The number of benzene rings is 1. The van der Waals surface area contributed by atoms with Gasteiger partial charge in [0.25, 0.3) is 0 Å². The number of nitrogens with one attached hydrogen (secondary N) is 1. The van der Waals surface area contributed by atoms with Gasteiger partial charge in [-0.1, -0.05) is 38.8 Å². The summed E-state index contributed by atoms with van der Waals surface area (Å²) in [6, 6.07) is 8.95. The fraction of sp³-hybridized carbons (Fsp3) is 0.625. The Balaban J connectivity index is 2.04. The van der Waals surface area contributed by atoms with Crippen molar-refractivity contribution in [1.82, 2.24) is 0 Å². The van der Waals surface area contributed by atoms with Crippen LogP contribution in [0.4, 0.5) is 5.69 Å². The summed E-state index contributed by atoms with van der Waals surface area (Å²) in [5, 5.41) is 3.68. The zero-order chi connectivity index (χ0) is 13.8. The van der Waals surface area contributed by atoms with Gasteiger partial charge < -0.3 is 5.32 Å². The van der Waals surface area contributed by atoms with E-state index in [2.05, 4.69) is 43.4 Å². The highest BCUT2D eigenvalue weighted by Gasteiger charge is 2.26. The van der Waals surface area contributed by atoms with Gasteiger partial charge in [-0.05, 0) is 36.0 Å². The normalized spacial score (nSPS) is 28.9. The van der Waals surface area contributed by atoms with E-state index < -0.39 is 10.8 Å². The van der Waals surface area contributed by atoms with E-state index >= 15 is 0 Å². The van der Waals surface area contributed by atoms with Gasteiger partial charge in [-0.15, -0.1) is 0 Å². The van der Waals surface area contributed by atoms with E-state index in [-0.39, 0.29) is 0 Å². The Kier molecular flexibility index (Phi) is 5.03. The Hall–Kier alpha value is -0.830. The third kappa shape index (κ3) is 4.07. The van der Waals surface area contributed by atoms with Crippen LogP contribution in [-0.4, -0.2) is 16.5 Å². The van der Waals surface area contributed by atoms with Gasteiger partial charge in [0.05, 0.1) is 0 Å². The van der Waals surface area contributed by atoms with Gasteiger partial charge in [0.1, 0.15) is 0 Å². The predicted molar refractivity (Wildman–Crippen MR) is 83.8 cm³/mol. The first-order valence-corrected chi connectivity index (χ1v) is 8.94. The number of anilines is 1. The van der Waals surface area contributed by atoms with Crippen LogP contribution in [-0.2, 0) is 16.6 Å². The van der Waals surface area contributed by atoms with E-state index in [4.69, 9.17) is 0 Å². The lowest BCUT2D eigenvalue weighted by molar-refractivity contribution is 0.253. The van der Waals surface area contributed by atoms with Crippen molar-refractivity contribution in [2.75, 3.05) is 11.6 Å². The highest BCUT2D eigenvalue weighted by atomic mass is 32.2. The first kappa shape index (κ1) is 14.6. The summed E-state index contributed by atoms with van der Waals surface area (Å²) in [6.07, 6.45) is 5.69. The standard InChI is InChI=1S/C16H25NOS/c1-12-6-4-9-16(13(12)2)17-15-8-5-7-14(10-15)11-19(3)18/h5,7-8,10,12-13,16-17H,4,6,9,11H2,1-3H3/t12-,13+,16+,19-/m1/s1. The average molecular weight is 279 g/mol. The van der Waals surface area contributed by atoms with Gasteiger partial charge in [-0.3, -0.25) is 4.21 Å². The molecule has 3 heteroatoms. The monoisotopic (exact) mass is 279 g/mol. The van der Waals surface area contributed by atoms with Crippen LogP contribution < -0.4 is 5.32 Å². The second-order valence-corrected chi connectivity index (χ2v) is 7.37. The van der Waals surface area contributed by atoms with E-state index in [9.17, 15) is 4.21 Å². The number of rotatable bonds is 4. The molecule has 2 rings (SSSR count). The quantitative estimate of drug-likeness (QED) is 0.908. The van der Waals surface area contributed by atoms with E-state index in [1.165, 1.54) is 24.9 Å². The molecule has 0 saturated heterocycles. The maximum atomic E-state index is 11.3. The van der Waals surface area contributed by atoms with E-state index in [1.807, 2.05) is 0 Å². The van der Waals surface area contributed by atoms with Crippen molar-refractivity contribution in [2.24, 2.45) is 11.8 Å². The van der Waals surface area contributed by atoms with E-state index in [1.54, 1.807) is 6.26 Å². The molecule has 1 aliphatic carbocycles. The molecule has 1 N–H and O–H groups in total. The third-order valence-corrected chi connectivity index (χ3v) is 5.10. The van der Waals surface area contributed by atoms with E-state index in [0.717, 1.165) is 17.4 Å². The summed E-state index contributed by atoms with van der Waals surface area (Å²) >= 11 is 0. The Morgan fingerprint density at radius 3 is 2.84 bits per heavy atom. The smallest absolute Gasteiger partial charge is 0.0483 e. The largest absolute Gasteiger partial charge is 0.382 e. The minimum atomic E-state index is -0.772. The molecule has 0 aliphatic heterocycles. The van der Waals surface area contributed by atoms with Crippen molar-refractivity contribution in [1.29, 1.82) is 0 Å². The predicted octanol–water partition coefficient (Wildman–Crippen LogP) is 3.80. The molecule has 0 aromatic heterocycles. The maximum Gasteiger partial charge on any atom is 0.0483 e. The molecule has 4 atom stereocenters. The summed E-state index contributed by atoms with van der Waals surface area (Å²) in [5.41, 5.74) is 2.33. The average Bonchev–Trinajstić information content (AvgIpc) is 2.35. The van der Waals surface area contributed by atoms with Crippen molar-refractivity contribution < 1.29 is 4.21 Å². The molecule has 1 aromatic carbocycles. The van der Waals surface area contributed by atoms with Crippen molar-refractivity contribution in [2.45, 2.75) is 44.9 Å². The highest BCUT2D eigenvalue weighted by Crippen LogP contribution is 2.31. The van der Waals surface area contributed by atoms with Crippen LogP contribution in [0.25, 0.3) is 0 Å². The van der Waals surface area contributed by atoms with Gasteiger partial charge in [-0.2, -0.15) is 0 Å². The van der Waals surface area contributed by atoms with Gasteiger partial charge in [0.15, 0.2) is 0 Å². The summed E-state index contributed by atoms with van der Waals surface area (Å²) in [6.45, 7) is 4.71. The molecule has 2 nitrogen and oxygen atoms in total. The summed E-state index contributed by atoms with van der Waals surface area (Å²) in [5.74, 6) is 2.17. The van der Waals surface area contributed by atoms with Crippen LogP contribution in [0.1, 0.15) is 38.7 Å². The first-order chi connectivity index (χ1) is 9.06. The van der Waals surface area contributed by atoms with Gasteiger partial charge >= 0.3 is 0 Å². The molecule has 0 amide bonds. The van der Waals surface area contributed by atoms with Crippen molar-refractivity contribution in [3.63, 3.8) is 0 Å². The lowest BCUT2D eigenvalue weighted by atomic mass is 9.78. The molecule has 106 valence electrons. The Labute approximate surface area is 119 Å². The number of hydrogen-bond donors (Lipinski definition) is 1. The molecule has 0 heterocycles. The van der Waals surface area contributed by atoms with Crippen molar-refractivity contribution in [3.05, 3.63) is 29.8 Å². The van der Waals surface area contributed by atoms with Crippen LogP contribution in [0.3, 0.4) is 0 Å².